The van der Waals surface area contributed by atoms with Crippen LogP contribution in [-0.2, 0) is 10.0 Å². The zero-order valence-electron chi connectivity index (χ0n) is 16.7. The molecule has 0 aliphatic carbocycles. The van der Waals surface area contributed by atoms with E-state index in [0.717, 1.165) is 25.7 Å². The van der Waals surface area contributed by atoms with E-state index >= 15 is 0 Å². The number of nitrogens with one attached hydrogen (secondary N) is 1. The fraction of sp³-hybridized carbons (Fsp3) is 0.381. The minimum atomic E-state index is -3.52. The van der Waals surface area contributed by atoms with E-state index in [2.05, 4.69) is 5.32 Å². The van der Waals surface area contributed by atoms with Crippen molar-refractivity contribution >= 4 is 21.6 Å². The summed E-state index contributed by atoms with van der Waals surface area (Å²) in [6.07, 6.45) is 3.89. The second-order valence-corrected chi connectivity index (χ2v) is 8.78. The summed E-state index contributed by atoms with van der Waals surface area (Å²) >= 11 is 0. The average molecular weight is 419 g/mol. The Labute approximate surface area is 171 Å². The molecule has 1 saturated heterocycles. The molecule has 0 aromatic heterocycles. The van der Waals surface area contributed by atoms with Gasteiger partial charge in [-0.2, -0.15) is 4.31 Å². The number of sulfonamides is 1. The molecule has 1 fully saturated rings. The fourth-order valence-electron chi connectivity index (χ4n) is 3.41. The minimum Gasteiger partial charge on any atom is -0.493 e. The Morgan fingerprint density at radius 3 is 2.17 bits per heavy atom. The maximum absolute atomic E-state index is 12.9. The zero-order valence-corrected chi connectivity index (χ0v) is 17.5. The largest absolute Gasteiger partial charge is 0.493 e. The Morgan fingerprint density at radius 2 is 1.59 bits per heavy atom. The van der Waals surface area contributed by atoms with Gasteiger partial charge in [-0.15, -0.1) is 0 Å². The normalized spacial score (nSPS) is 15.4. The Bertz CT molecular complexity index is 950. The number of amides is 1. The van der Waals surface area contributed by atoms with Gasteiger partial charge in [0.1, 0.15) is 0 Å². The lowest BCUT2D eigenvalue weighted by molar-refractivity contribution is 0.102. The maximum Gasteiger partial charge on any atom is 0.259 e. The van der Waals surface area contributed by atoms with Crippen molar-refractivity contribution in [1.29, 1.82) is 0 Å². The van der Waals surface area contributed by atoms with E-state index in [1.165, 1.54) is 26.4 Å². The molecule has 0 spiro atoms. The van der Waals surface area contributed by atoms with Crippen molar-refractivity contribution in [3.8, 4) is 11.5 Å². The van der Waals surface area contributed by atoms with Crippen LogP contribution in [0.15, 0.2) is 47.4 Å². The molecular formula is C21H26N2O5S. The number of hydrogen-bond acceptors (Lipinski definition) is 5. The highest BCUT2D eigenvalue weighted by atomic mass is 32.2. The van der Waals surface area contributed by atoms with Crippen molar-refractivity contribution in [2.24, 2.45) is 0 Å². The van der Waals surface area contributed by atoms with Gasteiger partial charge in [0.15, 0.2) is 11.5 Å². The molecule has 2 aromatic carbocycles. The van der Waals surface area contributed by atoms with Crippen LogP contribution in [0.3, 0.4) is 0 Å². The van der Waals surface area contributed by atoms with Gasteiger partial charge in [-0.1, -0.05) is 18.9 Å². The van der Waals surface area contributed by atoms with Gasteiger partial charge in [0, 0.05) is 18.8 Å². The van der Waals surface area contributed by atoms with E-state index in [1.54, 1.807) is 34.6 Å². The molecule has 1 heterocycles. The number of nitrogens with zero attached hydrogens (tertiary/aromatic N) is 1. The Hall–Kier alpha value is -2.58. The third kappa shape index (κ3) is 4.71. The summed E-state index contributed by atoms with van der Waals surface area (Å²) in [4.78, 5) is 12.9. The first-order chi connectivity index (χ1) is 14.0. The number of carbonyl (C=O) groups excluding carboxylic acids is 1. The third-order valence-electron chi connectivity index (χ3n) is 4.96. The molecule has 0 saturated carbocycles. The molecule has 1 aliphatic rings. The number of benzene rings is 2. The average Bonchev–Trinajstić information content (AvgIpc) is 3.03. The first-order valence-corrected chi connectivity index (χ1v) is 11.0. The monoisotopic (exact) mass is 418 g/mol. The van der Waals surface area contributed by atoms with E-state index in [0.29, 0.717) is 35.8 Å². The van der Waals surface area contributed by atoms with Crippen molar-refractivity contribution in [2.75, 3.05) is 32.6 Å². The summed E-state index contributed by atoms with van der Waals surface area (Å²) in [5, 5.41) is 2.77. The van der Waals surface area contributed by atoms with Crippen molar-refractivity contribution in [3.63, 3.8) is 0 Å². The summed E-state index contributed by atoms with van der Waals surface area (Å²) in [5.41, 5.74) is 0.822. The fourth-order valence-corrected chi connectivity index (χ4v) is 4.92. The van der Waals surface area contributed by atoms with Gasteiger partial charge in [0.2, 0.25) is 10.0 Å². The van der Waals surface area contributed by atoms with E-state index in [4.69, 9.17) is 9.47 Å². The number of ether oxygens (including phenoxy) is 2. The molecule has 0 radical (unpaired) electrons. The van der Waals surface area contributed by atoms with Gasteiger partial charge in [-0.25, -0.2) is 8.42 Å². The second-order valence-electron chi connectivity index (χ2n) is 6.84. The van der Waals surface area contributed by atoms with Crippen LogP contribution in [0, 0.1) is 0 Å². The number of hydrogen-bond donors (Lipinski definition) is 1. The Kier molecular flexibility index (Phi) is 6.76. The molecular weight excluding hydrogens is 392 g/mol. The van der Waals surface area contributed by atoms with Crippen LogP contribution in [-0.4, -0.2) is 45.9 Å². The molecule has 156 valence electrons. The van der Waals surface area contributed by atoms with Crippen molar-refractivity contribution in [1.82, 2.24) is 4.31 Å². The van der Waals surface area contributed by atoms with Gasteiger partial charge >= 0.3 is 0 Å². The highest BCUT2D eigenvalue weighted by Gasteiger charge is 2.25. The SMILES string of the molecule is COc1cccc(C(=O)Nc2ccc(S(=O)(=O)N3CCCCCC3)cc2)c1OC. The minimum absolute atomic E-state index is 0.233. The number of carbonyl (C=O) groups is 1. The summed E-state index contributed by atoms with van der Waals surface area (Å²) in [5.74, 6) is 0.427. The second kappa shape index (κ2) is 9.28. The molecule has 1 N–H and O–H groups in total. The summed E-state index contributed by atoms with van der Waals surface area (Å²) in [7, 11) is -0.546. The molecule has 0 bridgehead atoms. The van der Waals surface area contributed by atoms with Gasteiger partial charge in [-0.3, -0.25) is 4.79 Å². The van der Waals surface area contributed by atoms with Crippen LogP contribution in [0.2, 0.25) is 0 Å². The molecule has 0 atom stereocenters. The van der Waals surface area contributed by atoms with Crippen LogP contribution in [0.4, 0.5) is 5.69 Å². The molecule has 1 amide bonds. The zero-order chi connectivity index (χ0) is 20.9. The van der Waals surface area contributed by atoms with Crippen molar-refractivity contribution < 1.29 is 22.7 Å². The van der Waals surface area contributed by atoms with Gasteiger partial charge in [-0.05, 0) is 49.2 Å². The quantitative estimate of drug-likeness (QED) is 0.776. The number of para-hydroxylation sites is 1. The lowest BCUT2D eigenvalue weighted by Crippen LogP contribution is -2.31. The van der Waals surface area contributed by atoms with Crippen molar-refractivity contribution in [2.45, 2.75) is 30.6 Å². The predicted molar refractivity (Wildman–Crippen MR) is 111 cm³/mol. The molecule has 0 unspecified atom stereocenters. The first kappa shape index (κ1) is 21.1. The van der Waals surface area contributed by atoms with E-state index in [1.807, 2.05) is 0 Å². The van der Waals surface area contributed by atoms with Gasteiger partial charge in [0.25, 0.3) is 5.91 Å². The summed E-state index contributed by atoms with van der Waals surface area (Å²) in [6, 6.07) is 11.3. The Balaban J connectivity index is 1.76. The van der Waals surface area contributed by atoms with Gasteiger partial charge < -0.3 is 14.8 Å². The van der Waals surface area contributed by atoms with E-state index in [9.17, 15) is 13.2 Å². The van der Waals surface area contributed by atoms with Gasteiger partial charge in [0.05, 0.1) is 24.7 Å². The van der Waals surface area contributed by atoms with Crippen LogP contribution < -0.4 is 14.8 Å². The standard InChI is InChI=1S/C21H26N2O5S/c1-27-19-9-7-8-18(20(19)28-2)21(24)22-16-10-12-17(13-11-16)29(25,26)23-14-5-3-4-6-15-23/h7-13H,3-6,14-15H2,1-2H3,(H,22,24). The first-order valence-electron chi connectivity index (χ1n) is 9.60. The van der Waals surface area contributed by atoms with Crippen LogP contribution in [0.5, 0.6) is 11.5 Å². The highest BCUT2D eigenvalue weighted by molar-refractivity contribution is 7.89. The van der Waals surface area contributed by atoms with E-state index in [-0.39, 0.29) is 10.8 Å². The molecule has 1 aliphatic heterocycles. The summed E-state index contributed by atoms with van der Waals surface area (Å²) < 4.78 is 37.8. The van der Waals surface area contributed by atoms with Crippen LogP contribution >= 0.6 is 0 Å². The van der Waals surface area contributed by atoms with E-state index < -0.39 is 10.0 Å². The maximum atomic E-state index is 12.9. The molecule has 29 heavy (non-hydrogen) atoms. The molecule has 8 heteroatoms. The highest BCUT2D eigenvalue weighted by Crippen LogP contribution is 2.31. The molecule has 2 aromatic rings. The number of methoxy groups -OCH3 is 2. The topological polar surface area (TPSA) is 84.9 Å². The third-order valence-corrected chi connectivity index (χ3v) is 6.88. The predicted octanol–water partition coefficient (Wildman–Crippen LogP) is 3.52. The van der Waals surface area contributed by atoms with Crippen molar-refractivity contribution in [3.05, 3.63) is 48.0 Å². The molecule has 7 nitrogen and oxygen atoms in total. The number of rotatable bonds is 6. The summed E-state index contributed by atoms with van der Waals surface area (Å²) in [6.45, 7) is 1.10. The van der Waals surface area contributed by atoms with Crippen LogP contribution in [0.25, 0.3) is 0 Å². The van der Waals surface area contributed by atoms with Crippen LogP contribution in [0.1, 0.15) is 36.0 Å². The lowest BCUT2D eigenvalue weighted by Gasteiger charge is -2.20. The molecule has 3 rings (SSSR count). The Morgan fingerprint density at radius 1 is 0.931 bits per heavy atom. The number of anilines is 1. The lowest BCUT2D eigenvalue weighted by atomic mass is 10.1. The smallest absolute Gasteiger partial charge is 0.259 e.